The lowest BCUT2D eigenvalue weighted by atomic mass is 10.2. The number of hydrogen-bond donors (Lipinski definition) is 3. The maximum atomic E-state index is 5.91. The molecular weight excluding hydrogens is 198 g/mol. The van der Waals surface area contributed by atoms with Crippen molar-refractivity contribution in [1.29, 1.82) is 0 Å². The molecule has 0 saturated carbocycles. The van der Waals surface area contributed by atoms with Crippen LogP contribution >= 0.6 is 0 Å². The number of benzene rings is 1. The Morgan fingerprint density at radius 1 is 1.31 bits per heavy atom. The fourth-order valence-electron chi connectivity index (χ4n) is 1.70. The molecule has 1 heterocycles. The van der Waals surface area contributed by atoms with E-state index in [1.54, 1.807) is 0 Å². The van der Waals surface area contributed by atoms with Gasteiger partial charge >= 0.3 is 0 Å². The van der Waals surface area contributed by atoms with Gasteiger partial charge < -0.3 is 16.0 Å². The Bertz CT molecular complexity index is 446. The zero-order valence-electron chi connectivity index (χ0n) is 9.46. The van der Waals surface area contributed by atoms with Crippen molar-refractivity contribution in [3.63, 3.8) is 0 Å². The van der Waals surface area contributed by atoms with Crippen molar-refractivity contribution in [2.24, 2.45) is 0 Å². The predicted octanol–water partition coefficient (Wildman–Crippen LogP) is 2.56. The summed E-state index contributed by atoms with van der Waals surface area (Å²) in [5, 5.41) is 3.34. The molecule has 0 unspecified atom stereocenters. The summed E-state index contributed by atoms with van der Waals surface area (Å²) in [6.07, 6.45) is 4.95. The van der Waals surface area contributed by atoms with Crippen LogP contribution in [0.15, 0.2) is 36.7 Å². The van der Waals surface area contributed by atoms with Crippen molar-refractivity contribution in [3.8, 4) is 0 Å². The SMILES string of the molecule is Cc1ccc(NCCc2cc[nH]c2)c(N)c1. The first-order valence-corrected chi connectivity index (χ1v) is 5.47. The fourth-order valence-corrected chi connectivity index (χ4v) is 1.70. The standard InChI is InChI=1S/C13H17N3/c1-10-2-3-13(12(14)8-10)16-7-5-11-4-6-15-9-11/h2-4,6,8-9,15-16H,5,7,14H2,1H3. The lowest BCUT2D eigenvalue weighted by Crippen LogP contribution is -2.06. The number of nitrogen functional groups attached to an aromatic ring is 1. The third kappa shape index (κ3) is 2.57. The Labute approximate surface area is 95.7 Å². The topological polar surface area (TPSA) is 53.8 Å². The fraction of sp³-hybridized carbons (Fsp3) is 0.231. The van der Waals surface area contributed by atoms with E-state index in [0.29, 0.717) is 0 Å². The van der Waals surface area contributed by atoms with Crippen LogP contribution in [0, 0.1) is 6.92 Å². The van der Waals surface area contributed by atoms with E-state index in [4.69, 9.17) is 5.73 Å². The van der Waals surface area contributed by atoms with Gasteiger partial charge in [-0.3, -0.25) is 0 Å². The zero-order valence-corrected chi connectivity index (χ0v) is 9.46. The first-order chi connectivity index (χ1) is 7.75. The molecule has 0 radical (unpaired) electrons. The molecule has 0 aliphatic rings. The largest absolute Gasteiger partial charge is 0.397 e. The highest BCUT2D eigenvalue weighted by Crippen LogP contribution is 2.19. The molecule has 0 atom stereocenters. The van der Waals surface area contributed by atoms with Crippen LogP contribution in [0.2, 0.25) is 0 Å². The van der Waals surface area contributed by atoms with E-state index in [0.717, 1.165) is 24.3 Å². The van der Waals surface area contributed by atoms with Crippen LogP contribution in [0.5, 0.6) is 0 Å². The van der Waals surface area contributed by atoms with Gasteiger partial charge in [-0.25, -0.2) is 0 Å². The van der Waals surface area contributed by atoms with Crippen molar-refractivity contribution < 1.29 is 0 Å². The number of nitrogens with two attached hydrogens (primary N) is 1. The Hall–Kier alpha value is -1.90. The monoisotopic (exact) mass is 215 g/mol. The molecule has 4 N–H and O–H groups in total. The lowest BCUT2D eigenvalue weighted by Gasteiger charge is -2.09. The minimum atomic E-state index is 0.814. The second-order valence-electron chi connectivity index (χ2n) is 3.99. The molecule has 0 aliphatic carbocycles. The molecular formula is C13H17N3. The number of rotatable bonds is 4. The van der Waals surface area contributed by atoms with Crippen LogP contribution in [0.4, 0.5) is 11.4 Å². The summed E-state index contributed by atoms with van der Waals surface area (Å²) < 4.78 is 0. The summed E-state index contributed by atoms with van der Waals surface area (Å²) >= 11 is 0. The van der Waals surface area contributed by atoms with E-state index in [1.807, 2.05) is 31.5 Å². The van der Waals surface area contributed by atoms with Gasteiger partial charge in [-0.05, 0) is 42.7 Å². The number of anilines is 2. The molecule has 1 aromatic carbocycles. The van der Waals surface area contributed by atoms with Crippen molar-refractivity contribution in [2.45, 2.75) is 13.3 Å². The second-order valence-corrected chi connectivity index (χ2v) is 3.99. The smallest absolute Gasteiger partial charge is 0.0574 e. The zero-order chi connectivity index (χ0) is 11.4. The summed E-state index contributed by atoms with van der Waals surface area (Å²) in [7, 11) is 0. The third-order valence-electron chi connectivity index (χ3n) is 2.60. The Balaban J connectivity index is 1.90. The first kappa shape index (κ1) is 10.6. The Morgan fingerprint density at radius 3 is 2.88 bits per heavy atom. The quantitative estimate of drug-likeness (QED) is 0.686. The summed E-state index contributed by atoms with van der Waals surface area (Å²) in [4.78, 5) is 3.04. The molecule has 16 heavy (non-hydrogen) atoms. The molecule has 0 aliphatic heterocycles. The van der Waals surface area contributed by atoms with Gasteiger partial charge in [0, 0.05) is 18.9 Å². The van der Waals surface area contributed by atoms with Gasteiger partial charge in [0.2, 0.25) is 0 Å². The summed E-state index contributed by atoms with van der Waals surface area (Å²) in [5.41, 5.74) is 10.2. The van der Waals surface area contributed by atoms with Gasteiger partial charge in [-0.15, -0.1) is 0 Å². The maximum Gasteiger partial charge on any atom is 0.0574 e. The van der Waals surface area contributed by atoms with Gasteiger partial charge in [0.15, 0.2) is 0 Å². The van der Waals surface area contributed by atoms with Gasteiger partial charge in [0.1, 0.15) is 0 Å². The van der Waals surface area contributed by atoms with Crippen molar-refractivity contribution in [1.82, 2.24) is 4.98 Å². The van der Waals surface area contributed by atoms with Crippen molar-refractivity contribution in [2.75, 3.05) is 17.6 Å². The number of H-pyrrole nitrogens is 1. The molecule has 0 saturated heterocycles. The Kier molecular flexibility index (Phi) is 3.15. The van der Waals surface area contributed by atoms with E-state index < -0.39 is 0 Å². The van der Waals surface area contributed by atoms with Crippen molar-refractivity contribution >= 4 is 11.4 Å². The molecule has 2 rings (SSSR count). The van der Waals surface area contributed by atoms with Crippen LogP contribution in [0.1, 0.15) is 11.1 Å². The van der Waals surface area contributed by atoms with Gasteiger partial charge in [-0.1, -0.05) is 6.07 Å². The molecule has 84 valence electrons. The second kappa shape index (κ2) is 4.75. The minimum Gasteiger partial charge on any atom is -0.397 e. The van der Waals surface area contributed by atoms with Gasteiger partial charge in [-0.2, -0.15) is 0 Å². The summed E-state index contributed by atoms with van der Waals surface area (Å²) in [6, 6.07) is 8.16. The van der Waals surface area contributed by atoms with Gasteiger partial charge in [0.25, 0.3) is 0 Å². The molecule has 0 fully saturated rings. The average molecular weight is 215 g/mol. The van der Waals surface area contributed by atoms with E-state index in [1.165, 1.54) is 11.1 Å². The lowest BCUT2D eigenvalue weighted by molar-refractivity contribution is 1.02. The summed E-state index contributed by atoms with van der Waals surface area (Å²) in [5.74, 6) is 0. The molecule has 3 heteroatoms. The summed E-state index contributed by atoms with van der Waals surface area (Å²) in [6.45, 7) is 2.94. The maximum absolute atomic E-state index is 5.91. The normalized spacial score (nSPS) is 10.3. The molecule has 0 bridgehead atoms. The highest BCUT2D eigenvalue weighted by atomic mass is 14.9. The molecule has 0 amide bonds. The highest BCUT2D eigenvalue weighted by Gasteiger charge is 1.98. The van der Waals surface area contributed by atoms with Crippen LogP contribution in [-0.4, -0.2) is 11.5 Å². The molecule has 0 spiro atoms. The molecule has 1 aromatic heterocycles. The van der Waals surface area contributed by atoms with E-state index in [9.17, 15) is 0 Å². The van der Waals surface area contributed by atoms with E-state index in [2.05, 4.69) is 22.4 Å². The average Bonchev–Trinajstić information content (AvgIpc) is 2.74. The predicted molar refractivity (Wildman–Crippen MR) is 68.6 cm³/mol. The molecule has 2 aromatic rings. The van der Waals surface area contributed by atoms with Crippen molar-refractivity contribution in [3.05, 3.63) is 47.8 Å². The van der Waals surface area contributed by atoms with E-state index in [-0.39, 0.29) is 0 Å². The van der Waals surface area contributed by atoms with Gasteiger partial charge in [0.05, 0.1) is 11.4 Å². The number of nitrogens with one attached hydrogen (secondary N) is 2. The number of aromatic amines is 1. The first-order valence-electron chi connectivity index (χ1n) is 5.47. The van der Waals surface area contributed by atoms with Crippen LogP contribution in [-0.2, 0) is 6.42 Å². The Morgan fingerprint density at radius 2 is 2.19 bits per heavy atom. The van der Waals surface area contributed by atoms with Crippen LogP contribution in [0.3, 0.4) is 0 Å². The van der Waals surface area contributed by atoms with E-state index >= 15 is 0 Å². The molecule has 3 nitrogen and oxygen atoms in total. The number of aromatic nitrogens is 1. The number of hydrogen-bond acceptors (Lipinski definition) is 2. The van der Waals surface area contributed by atoms with Crippen LogP contribution < -0.4 is 11.1 Å². The highest BCUT2D eigenvalue weighted by molar-refractivity contribution is 5.66. The van der Waals surface area contributed by atoms with Crippen LogP contribution in [0.25, 0.3) is 0 Å². The third-order valence-corrected chi connectivity index (χ3v) is 2.60. The minimum absolute atomic E-state index is 0.814. The number of aryl methyl sites for hydroxylation is 1.